The average Bonchev–Trinajstić information content (AvgIpc) is 2.55. The summed E-state index contributed by atoms with van der Waals surface area (Å²) >= 11 is 0. The second-order valence-corrected chi connectivity index (χ2v) is 3.29. The molecule has 1 aliphatic rings. The number of furan rings is 1. The van der Waals surface area contributed by atoms with E-state index in [4.69, 9.17) is 10.2 Å². The van der Waals surface area contributed by atoms with Gasteiger partial charge in [0.25, 0.3) is 0 Å². The molecule has 1 aromatic heterocycles. The summed E-state index contributed by atoms with van der Waals surface area (Å²) in [5.74, 6) is 1.69. The van der Waals surface area contributed by atoms with Crippen LogP contribution < -0.4 is 5.73 Å². The lowest BCUT2D eigenvalue weighted by Gasteiger charge is -2.03. The first-order chi connectivity index (χ1) is 5.36. The van der Waals surface area contributed by atoms with E-state index < -0.39 is 0 Å². The second kappa shape index (κ2) is 2.70. The van der Waals surface area contributed by atoms with Crippen LogP contribution in [0.4, 0.5) is 0 Å². The Kier molecular flexibility index (Phi) is 1.70. The van der Waals surface area contributed by atoms with Gasteiger partial charge in [-0.1, -0.05) is 0 Å². The van der Waals surface area contributed by atoms with Gasteiger partial charge in [0.2, 0.25) is 0 Å². The van der Waals surface area contributed by atoms with Gasteiger partial charge in [0.05, 0.1) is 6.26 Å². The molecule has 1 aromatic rings. The van der Waals surface area contributed by atoms with Crippen molar-refractivity contribution in [3.05, 3.63) is 24.2 Å². The van der Waals surface area contributed by atoms with Crippen LogP contribution in [0.2, 0.25) is 0 Å². The minimum Gasteiger partial charge on any atom is -0.469 e. The SMILES string of the molecule is NC1CCC(c2ccco2)C1. The van der Waals surface area contributed by atoms with Crippen LogP contribution in [0.3, 0.4) is 0 Å². The molecule has 1 heterocycles. The zero-order chi connectivity index (χ0) is 7.68. The first-order valence-electron chi connectivity index (χ1n) is 4.15. The minimum atomic E-state index is 0.394. The van der Waals surface area contributed by atoms with E-state index in [2.05, 4.69) is 0 Å². The second-order valence-electron chi connectivity index (χ2n) is 3.29. The van der Waals surface area contributed by atoms with E-state index in [0.29, 0.717) is 12.0 Å². The highest BCUT2D eigenvalue weighted by atomic mass is 16.3. The highest BCUT2D eigenvalue weighted by Gasteiger charge is 2.24. The van der Waals surface area contributed by atoms with Gasteiger partial charge < -0.3 is 10.2 Å². The molecule has 1 fully saturated rings. The number of rotatable bonds is 1. The molecule has 1 aliphatic carbocycles. The van der Waals surface area contributed by atoms with E-state index >= 15 is 0 Å². The van der Waals surface area contributed by atoms with E-state index in [0.717, 1.165) is 18.6 Å². The monoisotopic (exact) mass is 151 g/mol. The van der Waals surface area contributed by atoms with Gasteiger partial charge in [0.1, 0.15) is 5.76 Å². The van der Waals surface area contributed by atoms with Crippen molar-refractivity contribution < 1.29 is 4.42 Å². The molecule has 0 aliphatic heterocycles. The normalized spacial score (nSPS) is 31.0. The average molecular weight is 151 g/mol. The zero-order valence-corrected chi connectivity index (χ0v) is 6.49. The van der Waals surface area contributed by atoms with E-state index in [1.54, 1.807) is 6.26 Å². The molecule has 0 radical (unpaired) electrons. The molecule has 0 aromatic carbocycles. The maximum Gasteiger partial charge on any atom is 0.106 e. The Morgan fingerprint density at radius 1 is 1.45 bits per heavy atom. The van der Waals surface area contributed by atoms with Crippen molar-refractivity contribution in [2.75, 3.05) is 0 Å². The molecule has 0 bridgehead atoms. The van der Waals surface area contributed by atoms with Gasteiger partial charge in [-0.2, -0.15) is 0 Å². The molecule has 1 saturated carbocycles. The maximum atomic E-state index is 5.79. The lowest BCUT2D eigenvalue weighted by Crippen LogP contribution is -2.14. The topological polar surface area (TPSA) is 39.2 Å². The van der Waals surface area contributed by atoms with Crippen molar-refractivity contribution in [3.8, 4) is 0 Å². The van der Waals surface area contributed by atoms with Gasteiger partial charge in [0, 0.05) is 12.0 Å². The fourth-order valence-electron chi connectivity index (χ4n) is 1.80. The van der Waals surface area contributed by atoms with E-state index in [1.165, 1.54) is 6.42 Å². The molecule has 2 nitrogen and oxygen atoms in total. The summed E-state index contributed by atoms with van der Waals surface area (Å²) in [7, 11) is 0. The number of hydrogen-bond donors (Lipinski definition) is 1. The Morgan fingerprint density at radius 3 is 2.91 bits per heavy atom. The van der Waals surface area contributed by atoms with E-state index in [9.17, 15) is 0 Å². The molecule has 0 spiro atoms. The summed E-state index contributed by atoms with van der Waals surface area (Å²) in [5.41, 5.74) is 5.79. The number of nitrogens with two attached hydrogens (primary N) is 1. The summed E-state index contributed by atoms with van der Waals surface area (Å²) in [6.45, 7) is 0. The maximum absolute atomic E-state index is 5.79. The van der Waals surface area contributed by atoms with Gasteiger partial charge >= 0.3 is 0 Å². The molecule has 2 heteroatoms. The molecule has 2 rings (SSSR count). The minimum absolute atomic E-state index is 0.394. The Morgan fingerprint density at radius 2 is 2.36 bits per heavy atom. The van der Waals surface area contributed by atoms with Crippen molar-refractivity contribution in [3.63, 3.8) is 0 Å². The molecule has 2 N–H and O–H groups in total. The molecule has 2 atom stereocenters. The smallest absolute Gasteiger partial charge is 0.106 e. The third-order valence-corrected chi connectivity index (χ3v) is 2.42. The van der Waals surface area contributed by atoms with Crippen molar-refractivity contribution in [2.24, 2.45) is 5.73 Å². The van der Waals surface area contributed by atoms with Gasteiger partial charge in [-0.15, -0.1) is 0 Å². The van der Waals surface area contributed by atoms with Crippen LogP contribution >= 0.6 is 0 Å². The van der Waals surface area contributed by atoms with Crippen LogP contribution in [0.15, 0.2) is 22.8 Å². The number of hydrogen-bond acceptors (Lipinski definition) is 2. The molecular formula is C9H13NO. The molecule has 0 amide bonds. The summed E-state index contributed by atoms with van der Waals surface area (Å²) in [6, 6.07) is 4.38. The first kappa shape index (κ1) is 6.92. The van der Waals surface area contributed by atoms with Crippen molar-refractivity contribution >= 4 is 0 Å². The van der Waals surface area contributed by atoms with Crippen molar-refractivity contribution in [1.82, 2.24) is 0 Å². The van der Waals surface area contributed by atoms with Crippen LogP contribution in [0, 0.1) is 0 Å². The summed E-state index contributed by atoms with van der Waals surface area (Å²) in [5, 5.41) is 0. The Bertz CT molecular complexity index is 217. The highest BCUT2D eigenvalue weighted by Crippen LogP contribution is 2.33. The fraction of sp³-hybridized carbons (Fsp3) is 0.556. The first-order valence-corrected chi connectivity index (χ1v) is 4.15. The van der Waals surface area contributed by atoms with Crippen LogP contribution in [0.25, 0.3) is 0 Å². The van der Waals surface area contributed by atoms with Crippen molar-refractivity contribution in [2.45, 2.75) is 31.2 Å². The van der Waals surface area contributed by atoms with Gasteiger partial charge in [-0.25, -0.2) is 0 Å². The summed E-state index contributed by atoms with van der Waals surface area (Å²) in [4.78, 5) is 0. The Hall–Kier alpha value is -0.760. The standard InChI is InChI=1S/C9H13NO/c10-8-4-3-7(6-8)9-2-1-5-11-9/h1-2,5,7-8H,3-4,6,10H2. The van der Waals surface area contributed by atoms with E-state index in [-0.39, 0.29) is 0 Å². The van der Waals surface area contributed by atoms with Crippen LogP contribution in [0.5, 0.6) is 0 Å². The molecule has 60 valence electrons. The van der Waals surface area contributed by atoms with Crippen LogP contribution in [-0.2, 0) is 0 Å². The van der Waals surface area contributed by atoms with Crippen LogP contribution in [0.1, 0.15) is 30.9 Å². The predicted molar refractivity (Wildman–Crippen MR) is 43.3 cm³/mol. The third kappa shape index (κ3) is 1.31. The predicted octanol–water partition coefficient (Wildman–Crippen LogP) is 1.87. The van der Waals surface area contributed by atoms with Gasteiger partial charge in [0.15, 0.2) is 0 Å². The third-order valence-electron chi connectivity index (χ3n) is 2.42. The summed E-state index contributed by atoms with van der Waals surface area (Å²) in [6.07, 6.45) is 5.16. The van der Waals surface area contributed by atoms with Gasteiger partial charge in [-0.05, 0) is 31.4 Å². The lowest BCUT2D eigenvalue weighted by molar-refractivity contribution is 0.462. The molecule has 0 saturated heterocycles. The summed E-state index contributed by atoms with van der Waals surface area (Å²) < 4.78 is 5.31. The van der Waals surface area contributed by atoms with Crippen molar-refractivity contribution in [1.29, 1.82) is 0 Å². The quantitative estimate of drug-likeness (QED) is 0.665. The highest BCUT2D eigenvalue weighted by molar-refractivity contribution is 5.08. The van der Waals surface area contributed by atoms with Gasteiger partial charge in [-0.3, -0.25) is 0 Å². The molecule has 11 heavy (non-hydrogen) atoms. The molecule has 2 unspecified atom stereocenters. The molecular weight excluding hydrogens is 138 g/mol. The zero-order valence-electron chi connectivity index (χ0n) is 6.49. The van der Waals surface area contributed by atoms with Crippen LogP contribution in [-0.4, -0.2) is 6.04 Å². The Balaban J connectivity index is 2.08. The Labute approximate surface area is 66.4 Å². The lowest BCUT2D eigenvalue weighted by atomic mass is 10.1. The van der Waals surface area contributed by atoms with E-state index in [1.807, 2.05) is 12.1 Å². The fourth-order valence-corrected chi connectivity index (χ4v) is 1.80. The largest absolute Gasteiger partial charge is 0.469 e.